The maximum absolute atomic E-state index is 13.8. The third-order valence-corrected chi connectivity index (χ3v) is 4.94. The van der Waals surface area contributed by atoms with Crippen LogP contribution in [0.5, 0.6) is 0 Å². The van der Waals surface area contributed by atoms with Gasteiger partial charge >= 0.3 is 11.7 Å². The molecular weight excluding hydrogens is 387 g/mol. The Balaban J connectivity index is 1.94. The molecule has 0 spiro atoms. The fourth-order valence-corrected chi connectivity index (χ4v) is 3.62. The molecule has 0 saturated carbocycles. The summed E-state index contributed by atoms with van der Waals surface area (Å²) in [7, 11) is 1.72. The number of nitrogens with two attached hydrogens (primary N) is 1. The van der Waals surface area contributed by atoms with E-state index in [2.05, 4.69) is 15.3 Å². The molecule has 0 radical (unpaired) electrons. The lowest BCUT2D eigenvalue weighted by atomic mass is 10.0. The van der Waals surface area contributed by atoms with Crippen molar-refractivity contribution in [3.8, 4) is 22.5 Å². The van der Waals surface area contributed by atoms with Crippen LogP contribution in [0.2, 0.25) is 0 Å². The van der Waals surface area contributed by atoms with Gasteiger partial charge in [-0.15, -0.1) is 0 Å². The van der Waals surface area contributed by atoms with Gasteiger partial charge in [0.15, 0.2) is 0 Å². The molecule has 0 aliphatic rings. The highest BCUT2D eigenvalue weighted by molar-refractivity contribution is 5.90. The Morgan fingerprint density at radius 2 is 1.93 bits per heavy atom. The maximum atomic E-state index is 13.8. The van der Waals surface area contributed by atoms with Gasteiger partial charge in [0.05, 0.1) is 22.4 Å². The van der Waals surface area contributed by atoms with E-state index in [0.717, 1.165) is 16.6 Å². The fraction of sp³-hybridized carbons (Fsp3) is 0.190. The third kappa shape index (κ3) is 3.24. The smallest absolute Gasteiger partial charge is 0.329 e. The molecule has 0 fully saturated rings. The zero-order valence-electron chi connectivity index (χ0n) is 16.7. The molecule has 0 aliphatic carbocycles. The Kier molecular flexibility index (Phi) is 4.65. The lowest BCUT2D eigenvalue weighted by Gasteiger charge is -2.08. The number of carbonyl (C=O) groups excluding carboxylic acids is 1. The van der Waals surface area contributed by atoms with E-state index in [1.54, 1.807) is 28.3 Å². The number of rotatable bonds is 4. The number of H-pyrrole nitrogens is 1. The number of carbonyl (C=O) groups is 1. The Morgan fingerprint density at radius 1 is 1.17 bits per heavy atom. The van der Waals surface area contributed by atoms with Gasteiger partial charge in [-0.3, -0.25) is 14.5 Å². The van der Waals surface area contributed by atoms with E-state index in [1.165, 1.54) is 12.1 Å². The molecule has 2 amide bonds. The third-order valence-electron chi connectivity index (χ3n) is 4.94. The minimum Gasteiger partial charge on any atom is -0.351 e. The number of aromatic amines is 1. The number of nitrogens with one attached hydrogen (secondary N) is 2. The van der Waals surface area contributed by atoms with Crippen molar-refractivity contribution in [2.24, 2.45) is 12.8 Å². The number of aryl methyl sites for hydroxylation is 1. The summed E-state index contributed by atoms with van der Waals surface area (Å²) in [6.07, 6.45) is 0. The Labute approximate surface area is 171 Å². The molecule has 0 aliphatic heterocycles. The van der Waals surface area contributed by atoms with E-state index in [1.807, 2.05) is 32.0 Å². The first-order chi connectivity index (χ1) is 14.3. The molecule has 0 atom stereocenters. The van der Waals surface area contributed by atoms with Crippen LogP contribution in [0.15, 0.2) is 47.3 Å². The second kappa shape index (κ2) is 7.18. The van der Waals surface area contributed by atoms with E-state index in [9.17, 15) is 14.0 Å². The van der Waals surface area contributed by atoms with Gasteiger partial charge in [0, 0.05) is 24.2 Å². The van der Waals surface area contributed by atoms with Gasteiger partial charge in [-0.25, -0.2) is 19.0 Å². The highest BCUT2D eigenvalue weighted by atomic mass is 19.1. The van der Waals surface area contributed by atoms with Gasteiger partial charge in [-0.05, 0) is 38.1 Å². The zero-order valence-corrected chi connectivity index (χ0v) is 16.7. The second-order valence-electron chi connectivity index (χ2n) is 7.32. The van der Waals surface area contributed by atoms with Crippen molar-refractivity contribution in [3.05, 3.63) is 58.8 Å². The molecule has 8 nitrogen and oxygen atoms in total. The molecule has 4 aromatic rings. The average Bonchev–Trinajstić information content (AvgIpc) is 3.20. The number of benzene rings is 2. The summed E-state index contributed by atoms with van der Waals surface area (Å²) in [4.78, 5) is 31.3. The molecule has 4 N–H and O–H groups in total. The average molecular weight is 408 g/mol. The number of halogens is 1. The van der Waals surface area contributed by atoms with Gasteiger partial charge in [-0.1, -0.05) is 18.2 Å². The predicted molar refractivity (Wildman–Crippen MR) is 114 cm³/mol. The van der Waals surface area contributed by atoms with Crippen LogP contribution in [-0.4, -0.2) is 25.1 Å². The number of nitrogens with zero attached hydrogens (tertiary/aromatic N) is 3. The number of amides is 2. The van der Waals surface area contributed by atoms with E-state index < -0.39 is 11.8 Å². The Hall–Kier alpha value is -3.88. The Morgan fingerprint density at radius 3 is 2.60 bits per heavy atom. The van der Waals surface area contributed by atoms with Crippen LogP contribution in [-0.2, 0) is 7.05 Å². The minimum atomic E-state index is -0.770. The van der Waals surface area contributed by atoms with Crippen molar-refractivity contribution < 1.29 is 9.18 Å². The first-order valence-corrected chi connectivity index (χ1v) is 9.40. The summed E-state index contributed by atoms with van der Waals surface area (Å²) < 4.78 is 17.1. The van der Waals surface area contributed by atoms with Crippen LogP contribution >= 0.6 is 0 Å². The van der Waals surface area contributed by atoms with E-state index in [0.29, 0.717) is 17.0 Å². The number of hydrogen-bond acceptors (Lipinski definition) is 3. The number of anilines is 1. The molecular formula is C21H21FN6O2. The van der Waals surface area contributed by atoms with Crippen molar-refractivity contribution in [2.45, 2.75) is 19.9 Å². The van der Waals surface area contributed by atoms with Crippen molar-refractivity contribution in [1.82, 2.24) is 19.1 Å². The van der Waals surface area contributed by atoms with E-state index in [-0.39, 0.29) is 17.7 Å². The van der Waals surface area contributed by atoms with Crippen LogP contribution in [0.25, 0.3) is 33.5 Å². The summed E-state index contributed by atoms with van der Waals surface area (Å²) in [6.45, 7) is 3.90. The molecule has 4 rings (SSSR count). The SMILES string of the molecule is CC(C)n1c(=O)n(C)c2cc(-c3[nH]c(NC(N)=O)nc3-c3cccc(F)c3)ccc21. The van der Waals surface area contributed by atoms with Crippen LogP contribution in [0.4, 0.5) is 15.1 Å². The molecule has 2 aromatic carbocycles. The molecule has 0 bridgehead atoms. The molecule has 154 valence electrons. The quantitative estimate of drug-likeness (QED) is 0.480. The zero-order chi connectivity index (χ0) is 21.6. The van der Waals surface area contributed by atoms with Gasteiger partial charge in [-0.2, -0.15) is 0 Å². The first-order valence-electron chi connectivity index (χ1n) is 9.40. The summed E-state index contributed by atoms with van der Waals surface area (Å²) in [5.74, 6) is -0.261. The number of imidazole rings is 2. The first kappa shape index (κ1) is 19.4. The van der Waals surface area contributed by atoms with E-state index in [4.69, 9.17) is 5.73 Å². The second-order valence-corrected chi connectivity index (χ2v) is 7.32. The number of hydrogen-bond donors (Lipinski definition) is 3. The summed E-state index contributed by atoms with van der Waals surface area (Å²) in [6, 6.07) is 10.8. The highest BCUT2D eigenvalue weighted by Gasteiger charge is 2.18. The van der Waals surface area contributed by atoms with Crippen molar-refractivity contribution in [3.63, 3.8) is 0 Å². The Bertz CT molecular complexity index is 1330. The number of aromatic nitrogens is 4. The molecule has 9 heteroatoms. The molecule has 2 aromatic heterocycles. The van der Waals surface area contributed by atoms with Gasteiger partial charge in [0.1, 0.15) is 5.82 Å². The molecule has 2 heterocycles. The van der Waals surface area contributed by atoms with Gasteiger partial charge in [0.25, 0.3) is 0 Å². The van der Waals surface area contributed by atoms with Gasteiger partial charge in [0.2, 0.25) is 5.95 Å². The standard InChI is InChI=1S/C21H21FN6O2/c1-11(2)28-15-8-7-13(10-16(15)27(3)21(28)30)18-17(12-5-4-6-14(22)9-12)24-20(25-18)26-19(23)29/h4-11H,1-3H3,(H4,23,24,25,26,29). The summed E-state index contributed by atoms with van der Waals surface area (Å²) in [5.41, 5.74) is 8.94. The predicted octanol–water partition coefficient (Wildman–Crippen LogP) is 3.61. The van der Waals surface area contributed by atoms with Crippen molar-refractivity contribution >= 4 is 23.0 Å². The minimum absolute atomic E-state index is 0.00780. The van der Waals surface area contributed by atoms with Gasteiger partial charge < -0.3 is 10.7 Å². The molecule has 0 unspecified atom stereocenters. The van der Waals surface area contributed by atoms with Crippen LogP contribution in [0.3, 0.4) is 0 Å². The normalized spacial score (nSPS) is 11.4. The molecule has 0 saturated heterocycles. The highest BCUT2D eigenvalue weighted by Crippen LogP contribution is 2.33. The maximum Gasteiger partial charge on any atom is 0.329 e. The van der Waals surface area contributed by atoms with Crippen LogP contribution in [0.1, 0.15) is 19.9 Å². The van der Waals surface area contributed by atoms with E-state index >= 15 is 0 Å². The summed E-state index contributed by atoms with van der Waals surface area (Å²) >= 11 is 0. The molecule has 30 heavy (non-hydrogen) atoms. The lowest BCUT2D eigenvalue weighted by Crippen LogP contribution is -2.23. The summed E-state index contributed by atoms with van der Waals surface area (Å²) in [5, 5.41) is 2.42. The van der Waals surface area contributed by atoms with Crippen molar-refractivity contribution in [1.29, 1.82) is 0 Å². The van der Waals surface area contributed by atoms with Crippen LogP contribution in [0, 0.1) is 5.82 Å². The number of primary amides is 1. The number of urea groups is 1. The fourth-order valence-electron chi connectivity index (χ4n) is 3.62. The van der Waals surface area contributed by atoms with Crippen LogP contribution < -0.4 is 16.7 Å². The lowest BCUT2D eigenvalue weighted by molar-refractivity contribution is 0.259. The monoisotopic (exact) mass is 408 g/mol. The largest absolute Gasteiger partial charge is 0.351 e. The van der Waals surface area contributed by atoms with Crippen molar-refractivity contribution in [2.75, 3.05) is 5.32 Å². The topological polar surface area (TPSA) is 111 Å². The number of fused-ring (bicyclic) bond motifs is 1.